The molecule has 4 aromatic carbocycles. The Morgan fingerprint density at radius 1 is 0.765 bits per heavy atom. The zero-order chi connectivity index (χ0) is 23.8. The molecule has 0 aliphatic heterocycles. The van der Waals surface area contributed by atoms with E-state index < -0.39 is 18.4 Å². The number of hydrogen-bond acceptors (Lipinski definition) is 5. The summed E-state index contributed by atoms with van der Waals surface area (Å²) in [4.78, 5) is 11.9. The van der Waals surface area contributed by atoms with Gasteiger partial charge in [0.05, 0.1) is 0 Å². The number of benzene rings is 4. The van der Waals surface area contributed by atoms with Gasteiger partial charge in [-0.1, -0.05) is 0 Å². The Labute approximate surface area is 212 Å². The number of nitro groups is 1. The maximum absolute atomic E-state index is 11.6. The molecule has 0 spiro atoms. The van der Waals surface area contributed by atoms with Crippen LogP contribution >= 0.6 is 23.5 Å². The zero-order valence-electron chi connectivity index (χ0n) is 18.3. The van der Waals surface area contributed by atoms with Gasteiger partial charge < -0.3 is 0 Å². The summed E-state index contributed by atoms with van der Waals surface area (Å²) in [6, 6.07) is 38.4. The van der Waals surface area contributed by atoms with Crippen molar-refractivity contribution in [3.05, 3.63) is 125 Å². The summed E-state index contributed by atoms with van der Waals surface area (Å²) >= 11 is -1.01. The zero-order valence-corrected chi connectivity index (χ0v) is 22.8. The summed E-state index contributed by atoms with van der Waals surface area (Å²) in [7, 11) is 0. The van der Waals surface area contributed by atoms with Crippen LogP contribution in [0.15, 0.2) is 120 Å². The molecule has 0 saturated heterocycles. The molecule has 0 aliphatic carbocycles. The molecule has 4 aromatic rings. The van der Waals surface area contributed by atoms with Crippen molar-refractivity contribution in [2.45, 2.75) is 8.16 Å². The van der Waals surface area contributed by atoms with Crippen LogP contribution in [0.2, 0.25) is 0 Å². The van der Waals surface area contributed by atoms with Gasteiger partial charge in [0.15, 0.2) is 0 Å². The molecule has 7 heteroatoms. The van der Waals surface area contributed by atoms with Gasteiger partial charge in [-0.05, 0) is 0 Å². The average Bonchev–Trinajstić information content (AvgIpc) is 2.89. The first-order valence-corrected chi connectivity index (χ1v) is 18.5. The predicted octanol–water partition coefficient (Wildman–Crippen LogP) is 4.98. The van der Waals surface area contributed by atoms with E-state index in [-0.39, 0.29) is 13.9 Å². The minimum atomic E-state index is -3.79. The van der Waals surface area contributed by atoms with Gasteiger partial charge in [-0.2, -0.15) is 0 Å². The van der Waals surface area contributed by atoms with Crippen LogP contribution in [-0.2, 0) is 0 Å². The van der Waals surface area contributed by atoms with E-state index in [0.29, 0.717) is 10.6 Å². The van der Waals surface area contributed by atoms with Crippen LogP contribution in [-0.4, -0.2) is 32.3 Å². The van der Waals surface area contributed by atoms with Gasteiger partial charge in [-0.25, -0.2) is 0 Å². The van der Waals surface area contributed by atoms with Crippen molar-refractivity contribution in [1.82, 2.24) is 0 Å². The SMILES string of the molecule is N#CS[CH](CSc1ccccc1[N+](=O)[O-])[Sn]([c]1ccccc1)([c]1ccccc1)[c]1ccccc1. The number of thiocyanates is 1. The van der Waals surface area contributed by atoms with E-state index in [0.717, 1.165) is 0 Å². The van der Waals surface area contributed by atoms with Gasteiger partial charge in [0.25, 0.3) is 0 Å². The Morgan fingerprint density at radius 2 is 1.21 bits per heavy atom. The molecule has 0 aromatic heterocycles. The van der Waals surface area contributed by atoms with Crippen LogP contribution in [0.25, 0.3) is 0 Å². The molecule has 0 saturated carbocycles. The molecule has 1 atom stereocenters. The standard InChI is InChI=1S/C9H7N2O2S2.3C6H5.Sn/c10-7-14-5-6-15-9-4-2-1-3-8(9)11(12)13;3*1-2-4-6-5-3-1;/h1-5H,6H2;3*1-5H;. The van der Waals surface area contributed by atoms with Crippen molar-refractivity contribution in [3.8, 4) is 5.40 Å². The first kappa shape index (κ1) is 24.4. The second-order valence-corrected chi connectivity index (χ2v) is 22.4. The van der Waals surface area contributed by atoms with E-state index in [2.05, 4.69) is 78.2 Å². The van der Waals surface area contributed by atoms with E-state index in [4.69, 9.17) is 0 Å². The third-order valence-electron chi connectivity index (χ3n) is 5.82. The van der Waals surface area contributed by atoms with Crippen molar-refractivity contribution < 1.29 is 4.92 Å². The molecule has 1 unspecified atom stereocenters. The van der Waals surface area contributed by atoms with Gasteiger partial charge in [0.2, 0.25) is 0 Å². The number of para-hydroxylation sites is 1. The Morgan fingerprint density at radius 3 is 1.65 bits per heavy atom. The fourth-order valence-electron chi connectivity index (χ4n) is 4.37. The number of nitro benzene ring substituents is 1. The summed E-state index contributed by atoms with van der Waals surface area (Å²) in [6.07, 6.45) is 0. The fraction of sp³-hybridized carbons (Fsp3) is 0.0741. The molecule has 4 nitrogen and oxygen atoms in total. The molecule has 0 aliphatic rings. The molecule has 0 bridgehead atoms. The van der Waals surface area contributed by atoms with Crippen molar-refractivity contribution in [2.24, 2.45) is 0 Å². The third kappa shape index (κ3) is 5.02. The molecule has 168 valence electrons. The van der Waals surface area contributed by atoms with Crippen LogP contribution in [0.4, 0.5) is 5.69 Å². The van der Waals surface area contributed by atoms with E-state index in [1.165, 1.54) is 40.3 Å². The molecule has 0 heterocycles. The van der Waals surface area contributed by atoms with E-state index >= 15 is 0 Å². The number of thioether (sulfide) groups is 2. The molecule has 4 rings (SSSR count). The Balaban J connectivity index is 1.90. The van der Waals surface area contributed by atoms with Crippen molar-refractivity contribution in [1.29, 1.82) is 5.26 Å². The van der Waals surface area contributed by atoms with Crippen molar-refractivity contribution in [2.75, 3.05) is 5.75 Å². The van der Waals surface area contributed by atoms with E-state index in [9.17, 15) is 15.4 Å². The first-order valence-electron chi connectivity index (χ1n) is 10.8. The summed E-state index contributed by atoms with van der Waals surface area (Å²) in [5.41, 5.74) is 0.105. The minimum absolute atomic E-state index is 0.0173. The van der Waals surface area contributed by atoms with Crippen LogP contribution < -0.4 is 10.7 Å². The summed E-state index contributed by atoms with van der Waals surface area (Å²) in [5, 5.41) is 23.9. The normalized spacial score (nSPS) is 12.0. The molecule has 0 radical (unpaired) electrons. The number of rotatable bonds is 9. The first-order chi connectivity index (χ1) is 16.7. The Kier molecular flexibility index (Phi) is 8.33. The van der Waals surface area contributed by atoms with Crippen LogP contribution in [0.3, 0.4) is 0 Å². The van der Waals surface area contributed by atoms with E-state index in [1.807, 2.05) is 24.3 Å². The summed E-state index contributed by atoms with van der Waals surface area (Å²) in [6.45, 7) is 0. The third-order valence-corrected chi connectivity index (χ3v) is 26.0. The van der Waals surface area contributed by atoms with Gasteiger partial charge in [-0.15, -0.1) is 0 Å². The van der Waals surface area contributed by atoms with Gasteiger partial charge in [0.1, 0.15) is 0 Å². The summed E-state index contributed by atoms with van der Waals surface area (Å²) in [5.74, 6) is 0.595. The quantitative estimate of drug-likeness (QED) is 0.0907. The van der Waals surface area contributed by atoms with Gasteiger partial charge in [-0.3, -0.25) is 0 Å². The fourth-order valence-corrected chi connectivity index (χ4v) is 25.9. The molecule has 0 amide bonds. The van der Waals surface area contributed by atoms with Crippen molar-refractivity contribution in [3.63, 3.8) is 0 Å². The van der Waals surface area contributed by atoms with Crippen LogP contribution in [0.5, 0.6) is 0 Å². The summed E-state index contributed by atoms with van der Waals surface area (Å²) < 4.78 is 3.83. The van der Waals surface area contributed by atoms with Crippen molar-refractivity contribution >= 4 is 58.3 Å². The molecular weight excluding hydrogens is 567 g/mol. The maximum atomic E-state index is 11.6. The average molecular weight is 589 g/mol. The topological polar surface area (TPSA) is 66.9 Å². The van der Waals surface area contributed by atoms with Crippen LogP contribution in [0, 0.1) is 20.8 Å². The number of nitrogens with zero attached hydrogens (tertiary/aromatic N) is 2. The molecule has 0 fully saturated rings. The Bertz CT molecular complexity index is 1190. The van der Waals surface area contributed by atoms with E-state index in [1.54, 1.807) is 12.1 Å². The van der Waals surface area contributed by atoms with Crippen LogP contribution in [0.1, 0.15) is 0 Å². The monoisotopic (exact) mass is 590 g/mol. The van der Waals surface area contributed by atoms with Gasteiger partial charge >= 0.3 is 213 Å². The predicted molar refractivity (Wildman–Crippen MR) is 145 cm³/mol. The molecular formula is C27H22N2O2S2Sn. The Hall–Kier alpha value is -2.73. The second-order valence-electron chi connectivity index (χ2n) is 7.64. The molecule has 34 heavy (non-hydrogen) atoms. The van der Waals surface area contributed by atoms with Gasteiger partial charge in [0, 0.05) is 0 Å². The second kappa shape index (κ2) is 11.6. The number of hydrogen-bond donors (Lipinski definition) is 0. The molecule has 0 N–H and O–H groups in total. The number of nitriles is 1.